The van der Waals surface area contributed by atoms with E-state index in [-0.39, 0.29) is 13.2 Å². The number of anilines is 1. The minimum absolute atomic E-state index is 0.246. The Morgan fingerprint density at radius 2 is 1.74 bits per heavy atom. The molecule has 1 aromatic heterocycles. The van der Waals surface area contributed by atoms with Crippen molar-refractivity contribution in [1.82, 2.24) is 9.97 Å². The maximum Gasteiger partial charge on any atom is 0.357 e. The molecule has 0 saturated heterocycles. The Morgan fingerprint density at radius 3 is 2.30 bits per heavy atom. The van der Waals surface area contributed by atoms with Crippen LogP contribution in [0.4, 0.5) is 5.95 Å². The van der Waals surface area contributed by atoms with E-state index in [1.54, 1.807) is 50.5 Å². The first-order valence-electron chi connectivity index (χ1n) is 7.27. The van der Waals surface area contributed by atoms with Crippen LogP contribution in [-0.2, 0) is 13.6 Å². The summed E-state index contributed by atoms with van der Waals surface area (Å²) in [6, 6.07) is 8.80. The quantitative estimate of drug-likeness (QED) is 0.702. The summed E-state index contributed by atoms with van der Waals surface area (Å²) in [7, 11) is -3.52. The van der Waals surface area contributed by atoms with Crippen molar-refractivity contribution < 1.29 is 13.6 Å². The third kappa shape index (κ3) is 4.52. The molecule has 124 valence electrons. The van der Waals surface area contributed by atoms with E-state index >= 15 is 0 Å². The molecule has 2 aromatic rings. The van der Waals surface area contributed by atoms with E-state index in [9.17, 15) is 4.57 Å². The molecule has 0 spiro atoms. The third-order valence-electron chi connectivity index (χ3n) is 2.97. The van der Waals surface area contributed by atoms with Crippen molar-refractivity contribution in [3.63, 3.8) is 0 Å². The van der Waals surface area contributed by atoms with Crippen LogP contribution < -0.4 is 5.32 Å². The van der Waals surface area contributed by atoms with Gasteiger partial charge in [-0.2, -0.15) is 0 Å². The lowest BCUT2D eigenvalue weighted by molar-refractivity contribution is 0.214. The maximum atomic E-state index is 13.2. The molecule has 8 heteroatoms. The number of aromatic nitrogens is 2. The SMILES string of the molecule is CCOP(=O)(OCC)C(Nc1ncccn1)c1ccccc1Cl. The number of hydrogen-bond donors (Lipinski definition) is 1. The van der Waals surface area contributed by atoms with Gasteiger partial charge in [0, 0.05) is 23.0 Å². The van der Waals surface area contributed by atoms with Crippen LogP contribution in [0.2, 0.25) is 5.02 Å². The Bertz CT molecular complexity index is 662. The van der Waals surface area contributed by atoms with Gasteiger partial charge in [0.25, 0.3) is 0 Å². The molecule has 0 fully saturated rings. The monoisotopic (exact) mass is 355 g/mol. The molecule has 0 aliphatic rings. The summed E-state index contributed by atoms with van der Waals surface area (Å²) in [5.74, 6) is -0.490. The Balaban J connectivity index is 2.46. The lowest BCUT2D eigenvalue weighted by Gasteiger charge is -2.27. The molecule has 2 rings (SSSR count). The minimum Gasteiger partial charge on any atom is -0.336 e. The van der Waals surface area contributed by atoms with Gasteiger partial charge in [0.1, 0.15) is 0 Å². The number of halogens is 1. The summed E-state index contributed by atoms with van der Waals surface area (Å²) in [5, 5.41) is 3.49. The van der Waals surface area contributed by atoms with Gasteiger partial charge in [-0.25, -0.2) is 9.97 Å². The van der Waals surface area contributed by atoms with Crippen LogP contribution in [-0.4, -0.2) is 23.2 Å². The average Bonchev–Trinajstić information content (AvgIpc) is 2.55. The Morgan fingerprint density at radius 1 is 1.13 bits per heavy atom. The molecule has 23 heavy (non-hydrogen) atoms. The molecule has 1 atom stereocenters. The van der Waals surface area contributed by atoms with E-state index in [0.717, 1.165) is 0 Å². The van der Waals surface area contributed by atoms with E-state index in [4.69, 9.17) is 20.6 Å². The smallest absolute Gasteiger partial charge is 0.336 e. The van der Waals surface area contributed by atoms with Crippen molar-refractivity contribution in [3.05, 3.63) is 53.3 Å². The molecule has 0 aliphatic heterocycles. The zero-order valence-electron chi connectivity index (χ0n) is 13.0. The number of nitrogens with zero attached hydrogens (tertiary/aromatic N) is 2. The molecule has 1 unspecified atom stereocenters. The Labute approximate surface area is 140 Å². The number of hydrogen-bond acceptors (Lipinski definition) is 6. The number of rotatable bonds is 8. The van der Waals surface area contributed by atoms with E-state index in [0.29, 0.717) is 16.5 Å². The Hall–Kier alpha value is -1.46. The fourth-order valence-corrected chi connectivity index (χ4v) is 4.32. The second-order valence-electron chi connectivity index (χ2n) is 4.52. The average molecular weight is 356 g/mol. The lowest BCUT2D eigenvalue weighted by atomic mass is 10.2. The fourth-order valence-electron chi connectivity index (χ4n) is 2.07. The number of nitrogens with one attached hydrogen (secondary N) is 1. The minimum atomic E-state index is -3.52. The van der Waals surface area contributed by atoms with E-state index in [2.05, 4.69) is 15.3 Å². The van der Waals surface area contributed by atoms with Gasteiger partial charge in [-0.05, 0) is 26.0 Å². The molecular weight excluding hydrogens is 337 g/mol. The van der Waals surface area contributed by atoms with Crippen molar-refractivity contribution in [2.45, 2.75) is 19.6 Å². The summed E-state index contributed by atoms with van der Waals surface area (Å²) in [4.78, 5) is 8.22. The highest BCUT2D eigenvalue weighted by molar-refractivity contribution is 7.54. The van der Waals surface area contributed by atoms with E-state index < -0.39 is 13.4 Å². The highest BCUT2D eigenvalue weighted by atomic mass is 35.5. The van der Waals surface area contributed by atoms with Crippen LogP contribution in [0.3, 0.4) is 0 Å². The van der Waals surface area contributed by atoms with Crippen molar-refractivity contribution in [2.24, 2.45) is 0 Å². The molecule has 0 radical (unpaired) electrons. The molecular formula is C15H19ClN3O3P. The third-order valence-corrected chi connectivity index (χ3v) is 5.59. The van der Waals surface area contributed by atoms with Gasteiger partial charge >= 0.3 is 7.60 Å². The maximum absolute atomic E-state index is 13.2. The predicted octanol–water partition coefficient (Wildman–Crippen LogP) is 4.51. The first kappa shape index (κ1) is 17.9. The fraction of sp³-hybridized carbons (Fsp3) is 0.333. The largest absolute Gasteiger partial charge is 0.357 e. The summed E-state index contributed by atoms with van der Waals surface area (Å²) in [5.41, 5.74) is 0.604. The van der Waals surface area contributed by atoms with Gasteiger partial charge in [0.15, 0.2) is 5.78 Å². The molecule has 0 saturated carbocycles. The molecule has 6 nitrogen and oxygen atoms in total. The van der Waals surface area contributed by atoms with E-state index in [1.165, 1.54) is 0 Å². The van der Waals surface area contributed by atoms with Crippen molar-refractivity contribution in [1.29, 1.82) is 0 Å². The second kappa shape index (κ2) is 8.41. The summed E-state index contributed by atoms with van der Waals surface area (Å²) in [6.45, 7) is 4.01. The zero-order valence-corrected chi connectivity index (χ0v) is 14.6. The van der Waals surface area contributed by atoms with Gasteiger partial charge in [-0.3, -0.25) is 4.57 Å². The highest BCUT2D eigenvalue weighted by Gasteiger charge is 2.38. The topological polar surface area (TPSA) is 73.3 Å². The van der Waals surface area contributed by atoms with Crippen molar-refractivity contribution in [3.8, 4) is 0 Å². The van der Waals surface area contributed by atoms with Crippen molar-refractivity contribution in [2.75, 3.05) is 18.5 Å². The zero-order chi connectivity index (χ0) is 16.7. The summed E-state index contributed by atoms with van der Waals surface area (Å²) < 4.78 is 24.2. The van der Waals surface area contributed by atoms with Crippen LogP contribution >= 0.6 is 19.2 Å². The van der Waals surface area contributed by atoms with E-state index in [1.807, 2.05) is 6.07 Å². The van der Waals surface area contributed by atoms with Gasteiger partial charge in [0.2, 0.25) is 5.95 Å². The summed E-state index contributed by atoms with van der Waals surface area (Å²) >= 11 is 6.28. The second-order valence-corrected chi connectivity index (χ2v) is 7.04. The molecule has 0 aliphatic carbocycles. The lowest BCUT2D eigenvalue weighted by Crippen LogP contribution is -2.17. The highest BCUT2D eigenvalue weighted by Crippen LogP contribution is 2.61. The Kier molecular flexibility index (Phi) is 6.54. The normalized spacial score (nSPS) is 12.8. The molecule has 0 amide bonds. The predicted molar refractivity (Wildman–Crippen MR) is 90.7 cm³/mol. The first-order valence-corrected chi connectivity index (χ1v) is 9.26. The van der Waals surface area contributed by atoms with Crippen LogP contribution in [0.5, 0.6) is 0 Å². The van der Waals surface area contributed by atoms with Crippen LogP contribution in [0.1, 0.15) is 25.2 Å². The molecule has 1 heterocycles. The van der Waals surface area contributed by atoms with Crippen molar-refractivity contribution >= 4 is 25.1 Å². The van der Waals surface area contributed by atoms with Crippen LogP contribution in [0.25, 0.3) is 0 Å². The molecule has 0 bridgehead atoms. The standard InChI is InChI=1S/C15H19ClN3O3P/c1-3-21-23(20,22-4-2)14(12-8-5-6-9-13(12)16)19-15-17-10-7-11-18-15/h5-11,14H,3-4H2,1-2H3,(H,17,18,19). The summed E-state index contributed by atoms with van der Waals surface area (Å²) in [6.07, 6.45) is 3.18. The number of benzene rings is 1. The first-order chi connectivity index (χ1) is 11.1. The van der Waals surface area contributed by atoms with Gasteiger partial charge in [-0.1, -0.05) is 29.8 Å². The van der Waals surface area contributed by atoms with Gasteiger partial charge in [0.05, 0.1) is 13.2 Å². The van der Waals surface area contributed by atoms with Gasteiger partial charge in [-0.15, -0.1) is 0 Å². The van der Waals surface area contributed by atoms with Crippen LogP contribution in [0, 0.1) is 0 Å². The molecule has 1 aromatic carbocycles. The van der Waals surface area contributed by atoms with Gasteiger partial charge < -0.3 is 14.4 Å². The van der Waals surface area contributed by atoms with Crippen LogP contribution in [0.15, 0.2) is 42.7 Å². The molecule has 1 N–H and O–H groups in total.